The SMILES string of the molecule is CN(C)CCNc1cnc(C(=O)NCc2ccccc2)cn1. The second-order valence-electron chi connectivity index (χ2n) is 5.19. The van der Waals surface area contributed by atoms with Gasteiger partial charge in [-0.05, 0) is 19.7 Å². The number of anilines is 1. The number of amides is 1. The van der Waals surface area contributed by atoms with Crippen molar-refractivity contribution in [3.63, 3.8) is 0 Å². The van der Waals surface area contributed by atoms with Gasteiger partial charge in [-0.1, -0.05) is 30.3 Å². The van der Waals surface area contributed by atoms with E-state index in [2.05, 4.69) is 25.5 Å². The van der Waals surface area contributed by atoms with Gasteiger partial charge in [-0.3, -0.25) is 4.79 Å². The van der Waals surface area contributed by atoms with Crippen molar-refractivity contribution in [3.8, 4) is 0 Å². The minimum absolute atomic E-state index is 0.226. The number of rotatable bonds is 7. The van der Waals surface area contributed by atoms with Crippen LogP contribution in [0.1, 0.15) is 16.1 Å². The van der Waals surface area contributed by atoms with E-state index in [1.54, 1.807) is 6.20 Å². The maximum atomic E-state index is 12.0. The number of likely N-dealkylation sites (N-methyl/N-ethyl adjacent to an activating group) is 1. The molecule has 116 valence electrons. The molecule has 0 radical (unpaired) electrons. The maximum Gasteiger partial charge on any atom is 0.271 e. The van der Waals surface area contributed by atoms with Gasteiger partial charge in [-0.25, -0.2) is 9.97 Å². The van der Waals surface area contributed by atoms with E-state index < -0.39 is 0 Å². The van der Waals surface area contributed by atoms with Crippen LogP contribution in [0, 0.1) is 0 Å². The van der Waals surface area contributed by atoms with Crippen LogP contribution in [-0.4, -0.2) is 48.0 Å². The molecule has 0 fully saturated rings. The predicted octanol–water partition coefficient (Wildman–Crippen LogP) is 1.38. The average Bonchev–Trinajstić information content (AvgIpc) is 2.54. The standard InChI is InChI=1S/C16H21N5O/c1-21(2)9-8-17-15-12-18-14(11-19-15)16(22)20-10-13-6-4-3-5-7-13/h3-7,11-12H,8-10H2,1-2H3,(H,17,19)(H,20,22). The van der Waals surface area contributed by atoms with Crippen LogP contribution in [-0.2, 0) is 6.54 Å². The van der Waals surface area contributed by atoms with Gasteiger partial charge < -0.3 is 15.5 Å². The van der Waals surface area contributed by atoms with Crippen molar-refractivity contribution in [2.45, 2.75) is 6.54 Å². The topological polar surface area (TPSA) is 70.2 Å². The molecule has 0 spiro atoms. The molecule has 1 aromatic carbocycles. The van der Waals surface area contributed by atoms with Gasteiger partial charge >= 0.3 is 0 Å². The highest BCUT2D eigenvalue weighted by Gasteiger charge is 2.07. The van der Waals surface area contributed by atoms with E-state index in [4.69, 9.17) is 0 Å². The Morgan fingerprint density at radius 3 is 2.55 bits per heavy atom. The summed E-state index contributed by atoms with van der Waals surface area (Å²) in [7, 11) is 4.01. The van der Waals surface area contributed by atoms with Gasteiger partial charge in [0.1, 0.15) is 11.5 Å². The Morgan fingerprint density at radius 2 is 1.91 bits per heavy atom. The summed E-state index contributed by atoms with van der Waals surface area (Å²) < 4.78 is 0. The van der Waals surface area contributed by atoms with Crippen molar-refractivity contribution in [1.29, 1.82) is 0 Å². The lowest BCUT2D eigenvalue weighted by Gasteiger charge is -2.10. The monoisotopic (exact) mass is 299 g/mol. The van der Waals surface area contributed by atoms with Crippen molar-refractivity contribution < 1.29 is 4.79 Å². The highest BCUT2D eigenvalue weighted by molar-refractivity contribution is 5.91. The first-order valence-corrected chi connectivity index (χ1v) is 7.18. The van der Waals surface area contributed by atoms with E-state index in [1.807, 2.05) is 44.4 Å². The fourth-order valence-electron chi connectivity index (χ4n) is 1.81. The van der Waals surface area contributed by atoms with E-state index in [-0.39, 0.29) is 5.91 Å². The number of nitrogens with one attached hydrogen (secondary N) is 2. The first-order valence-electron chi connectivity index (χ1n) is 7.18. The fraction of sp³-hybridized carbons (Fsp3) is 0.312. The molecular formula is C16H21N5O. The summed E-state index contributed by atoms with van der Waals surface area (Å²) in [6, 6.07) is 9.75. The number of aromatic nitrogens is 2. The average molecular weight is 299 g/mol. The molecule has 2 rings (SSSR count). The number of carbonyl (C=O) groups excluding carboxylic acids is 1. The highest BCUT2D eigenvalue weighted by atomic mass is 16.1. The molecule has 0 unspecified atom stereocenters. The third-order valence-electron chi connectivity index (χ3n) is 3.05. The zero-order valence-electron chi connectivity index (χ0n) is 12.9. The lowest BCUT2D eigenvalue weighted by Crippen LogP contribution is -2.24. The van der Waals surface area contributed by atoms with Crippen LogP contribution in [0.25, 0.3) is 0 Å². The summed E-state index contributed by atoms with van der Waals surface area (Å²) in [6.07, 6.45) is 3.06. The molecule has 0 saturated heterocycles. The van der Waals surface area contributed by atoms with Gasteiger partial charge in [0.2, 0.25) is 0 Å². The molecule has 1 amide bonds. The summed E-state index contributed by atoms with van der Waals surface area (Å²) in [5.41, 5.74) is 1.36. The minimum atomic E-state index is -0.226. The quantitative estimate of drug-likeness (QED) is 0.808. The maximum absolute atomic E-state index is 12.0. The summed E-state index contributed by atoms with van der Waals surface area (Å²) in [5.74, 6) is 0.442. The first-order chi connectivity index (χ1) is 10.6. The Morgan fingerprint density at radius 1 is 1.14 bits per heavy atom. The van der Waals surface area contributed by atoms with Crippen molar-refractivity contribution in [3.05, 3.63) is 54.0 Å². The number of hydrogen-bond acceptors (Lipinski definition) is 5. The second-order valence-corrected chi connectivity index (χ2v) is 5.19. The van der Waals surface area contributed by atoms with Crippen LogP contribution in [0.5, 0.6) is 0 Å². The highest BCUT2D eigenvalue weighted by Crippen LogP contribution is 2.02. The van der Waals surface area contributed by atoms with E-state index >= 15 is 0 Å². The molecule has 6 nitrogen and oxygen atoms in total. The molecule has 6 heteroatoms. The Balaban J connectivity index is 1.83. The normalized spacial score (nSPS) is 10.5. The molecule has 0 aliphatic rings. The number of hydrogen-bond donors (Lipinski definition) is 2. The summed E-state index contributed by atoms with van der Waals surface area (Å²) in [6.45, 7) is 2.16. The van der Waals surface area contributed by atoms with Crippen molar-refractivity contribution in [2.75, 3.05) is 32.5 Å². The number of carbonyl (C=O) groups is 1. The molecule has 1 heterocycles. The van der Waals surface area contributed by atoms with Crippen LogP contribution >= 0.6 is 0 Å². The molecule has 0 saturated carbocycles. The van der Waals surface area contributed by atoms with Crippen molar-refractivity contribution in [1.82, 2.24) is 20.2 Å². The number of nitrogens with zero attached hydrogens (tertiary/aromatic N) is 3. The zero-order valence-corrected chi connectivity index (χ0v) is 12.9. The molecular weight excluding hydrogens is 278 g/mol. The summed E-state index contributed by atoms with van der Waals surface area (Å²) in [5, 5.41) is 5.98. The van der Waals surface area contributed by atoms with Gasteiger partial charge in [0, 0.05) is 19.6 Å². The summed E-state index contributed by atoms with van der Waals surface area (Å²) in [4.78, 5) is 22.4. The van der Waals surface area contributed by atoms with Crippen molar-refractivity contribution in [2.24, 2.45) is 0 Å². The molecule has 0 bridgehead atoms. The number of benzene rings is 1. The van der Waals surface area contributed by atoms with Gasteiger partial charge in [0.25, 0.3) is 5.91 Å². The van der Waals surface area contributed by atoms with Gasteiger partial charge in [0.05, 0.1) is 12.4 Å². The van der Waals surface area contributed by atoms with E-state index in [0.29, 0.717) is 18.1 Å². The molecule has 22 heavy (non-hydrogen) atoms. The smallest absolute Gasteiger partial charge is 0.271 e. The third-order valence-corrected chi connectivity index (χ3v) is 3.05. The van der Waals surface area contributed by atoms with Gasteiger partial charge in [-0.15, -0.1) is 0 Å². The first kappa shape index (κ1) is 15.9. The Hall–Kier alpha value is -2.47. The third kappa shape index (κ3) is 5.14. The minimum Gasteiger partial charge on any atom is -0.368 e. The second kappa shape index (κ2) is 8.09. The van der Waals surface area contributed by atoms with Crippen LogP contribution in [0.2, 0.25) is 0 Å². The zero-order chi connectivity index (χ0) is 15.8. The molecule has 0 aliphatic heterocycles. The largest absolute Gasteiger partial charge is 0.368 e. The van der Waals surface area contributed by atoms with Gasteiger partial charge in [-0.2, -0.15) is 0 Å². The van der Waals surface area contributed by atoms with E-state index in [1.165, 1.54) is 6.20 Å². The Kier molecular flexibility index (Phi) is 5.85. The fourth-order valence-corrected chi connectivity index (χ4v) is 1.81. The Labute approximate surface area is 130 Å². The molecule has 1 aromatic heterocycles. The molecule has 0 atom stereocenters. The van der Waals surface area contributed by atoms with E-state index in [9.17, 15) is 4.79 Å². The molecule has 2 aromatic rings. The van der Waals surface area contributed by atoms with Crippen LogP contribution < -0.4 is 10.6 Å². The van der Waals surface area contributed by atoms with Crippen LogP contribution in [0.15, 0.2) is 42.7 Å². The summed E-state index contributed by atoms with van der Waals surface area (Å²) >= 11 is 0. The lowest BCUT2D eigenvalue weighted by atomic mass is 10.2. The van der Waals surface area contributed by atoms with Gasteiger partial charge in [0.15, 0.2) is 0 Å². The molecule has 0 aliphatic carbocycles. The van der Waals surface area contributed by atoms with Crippen LogP contribution in [0.4, 0.5) is 5.82 Å². The van der Waals surface area contributed by atoms with Crippen molar-refractivity contribution >= 4 is 11.7 Å². The predicted molar refractivity (Wildman–Crippen MR) is 86.7 cm³/mol. The molecule has 2 N–H and O–H groups in total. The Bertz CT molecular complexity index is 583. The lowest BCUT2D eigenvalue weighted by molar-refractivity contribution is 0.0945. The van der Waals surface area contributed by atoms with Crippen LogP contribution in [0.3, 0.4) is 0 Å². The van der Waals surface area contributed by atoms with E-state index in [0.717, 1.165) is 18.7 Å².